The first kappa shape index (κ1) is 12.1. The van der Waals surface area contributed by atoms with Crippen molar-refractivity contribution in [2.75, 3.05) is 18.0 Å². The predicted octanol–water partition coefficient (Wildman–Crippen LogP) is 2.26. The van der Waals surface area contributed by atoms with Crippen molar-refractivity contribution < 1.29 is 4.79 Å². The lowest BCUT2D eigenvalue weighted by molar-refractivity contribution is -0.112. The molecule has 104 valence electrons. The standard InChI is InChI=1S/C17H15N3O/c21-17(16-18-9-10-19-16)20-14-7-3-1-5-12(14)11-13-6-2-4-8-15(13)20/h1-8H,9-11H2,(H,18,19). The Morgan fingerprint density at radius 3 is 2.19 bits per heavy atom. The van der Waals surface area contributed by atoms with Gasteiger partial charge in [0.2, 0.25) is 0 Å². The molecular formula is C17H15N3O. The van der Waals surface area contributed by atoms with Gasteiger partial charge in [0.25, 0.3) is 5.91 Å². The van der Waals surface area contributed by atoms with Crippen LogP contribution >= 0.6 is 0 Å². The predicted molar refractivity (Wildman–Crippen MR) is 83.1 cm³/mol. The van der Waals surface area contributed by atoms with Gasteiger partial charge >= 0.3 is 0 Å². The van der Waals surface area contributed by atoms with Gasteiger partial charge in [-0.1, -0.05) is 36.4 Å². The number of carbonyl (C=O) groups excluding carboxylic acids is 1. The van der Waals surface area contributed by atoms with Crippen molar-refractivity contribution in [3.05, 3.63) is 59.7 Å². The van der Waals surface area contributed by atoms with E-state index in [2.05, 4.69) is 22.4 Å². The Bertz CT molecular complexity index is 706. The molecule has 21 heavy (non-hydrogen) atoms. The van der Waals surface area contributed by atoms with Crippen LogP contribution in [0.3, 0.4) is 0 Å². The number of anilines is 2. The van der Waals surface area contributed by atoms with Crippen molar-refractivity contribution in [1.29, 1.82) is 0 Å². The number of rotatable bonds is 1. The van der Waals surface area contributed by atoms with Crippen molar-refractivity contribution >= 4 is 23.1 Å². The Labute approximate surface area is 123 Å². The van der Waals surface area contributed by atoms with Crippen LogP contribution in [0.5, 0.6) is 0 Å². The summed E-state index contributed by atoms with van der Waals surface area (Å²) in [6.45, 7) is 1.40. The molecule has 4 rings (SSSR count). The number of aliphatic imine (C=N–C) groups is 1. The van der Waals surface area contributed by atoms with E-state index in [9.17, 15) is 4.79 Å². The molecule has 0 fully saturated rings. The smallest absolute Gasteiger partial charge is 0.297 e. The summed E-state index contributed by atoms with van der Waals surface area (Å²) in [5, 5.41) is 3.07. The molecule has 2 aliphatic heterocycles. The Hall–Kier alpha value is -2.62. The number of hydrogen-bond donors (Lipinski definition) is 1. The van der Waals surface area contributed by atoms with Gasteiger partial charge < -0.3 is 5.32 Å². The Morgan fingerprint density at radius 2 is 1.62 bits per heavy atom. The molecule has 0 bridgehead atoms. The summed E-state index contributed by atoms with van der Waals surface area (Å²) >= 11 is 0. The largest absolute Gasteiger partial charge is 0.364 e. The highest BCUT2D eigenvalue weighted by Crippen LogP contribution is 2.38. The van der Waals surface area contributed by atoms with Gasteiger partial charge in [-0.3, -0.25) is 14.7 Å². The normalized spacial score (nSPS) is 15.8. The van der Waals surface area contributed by atoms with Gasteiger partial charge in [-0.05, 0) is 23.3 Å². The highest BCUT2D eigenvalue weighted by atomic mass is 16.2. The molecule has 0 aromatic heterocycles. The fourth-order valence-electron chi connectivity index (χ4n) is 2.96. The molecule has 0 saturated carbocycles. The van der Waals surface area contributed by atoms with Crippen molar-refractivity contribution in [2.45, 2.75) is 6.42 Å². The summed E-state index contributed by atoms with van der Waals surface area (Å²) in [5.41, 5.74) is 4.25. The monoisotopic (exact) mass is 277 g/mol. The number of nitrogens with one attached hydrogen (secondary N) is 1. The first-order valence-corrected chi connectivity index (χ1v) is 7.13. The van der Waals surface area contributed by atoms with Gasteiger partial charge in [0.1, 0.15) is 0 Å². The molecule has 0 aliphatic carbocycles. The first-order valence-electron chi connectivity index (χ1n) is 7.13. The third kappa shape index (κ3) is 1.91. The van der Waals surface area contributed by atoms with Crippen LogP contribution in [0.15, 0.2) is 53.5 Å². The van der Waals surface area contributed by atoms with Crippen LogP contribution < -0.4 is 10.2 Å². The van der Waals surface area contributed by atoms with Crippen LogP contribution in [0, 0.1) is 0 Å². The maximum atomic E-state index is 12.9. The summed E-state index contributed by atoms with van der Waals surface area (Å²) < 4.78 is 0. The topological polar surface area (TPSA) is 44.7 Å². The van der Waals surface area contributed by atoms with Gasteiger partial charge in [0.05, 0.1) is 17.9 Å². The molecule has 0 spiro atoms. The quantitative estimate of drug-likeness (QED) is 0.869. The Morgan fingerprint density at radius 1 is 1.00 bits per heavy atom. The molecule has 2 aromatic carbocycles. The molecule has 0 radical (unpaired) electrons. The average molecular weight is 277 g/mol. The van der Waals surface area contributed by atoms with Crippen LogP contribution in [-0.4, -0.2) is 24.8 Å². The summed E-state index contributed by atoms with van der Waals surface area (Å²) in [7, 11) is 0. The Balaban J connectivity index is 1.87. The SMILES string of the molecule is O=C(C1=NCCN1)N1c2ccccc2Cc2ccccc21. The summed E-state index contributed by atoms with van der Waals surface area (Å²) in [6, 6.07) is 16.1. The highest BCUT2D eigenvalue weighted by Gasteiger charge is 2.30. The Kier molecular flexibility index (Phi) is 2.74. The van der Waals surface area contributed by atoms with E-state index in [-0.39, 0.29) is 5.91 Å². The number of para-hydroxylation sites is 2. The van der Waals surface area contributed by atoms with E-state index in [0.29, 0.717) is 12.4 Å². The molecule has 4 heteroatoms. The molecule has 0 atom stereocenters. The third-order valence-electron chi connectivity index (χ3n) is 3.93. The number of fused-ring (bicyclic) bond motifs is 2. The lowest BCUT2D eigenvalue weighted by Crippen LogP contribution is -2.40. The molecule has 0 saturated heterocycles. The van der Waals surface area contributed by atoms with Gasteiger partial charge in [-0.15, -0.1) is 0 Å². The summed E-state index contributed by atoms with van der Waals surface area (Å²) in [5.74, 6) is 0.383. The van der Waals surface area contributed by atoms with Crippen LogP contribution in [0.2, 0.25) is 0 Å². The molecule has 0 unspecified atom stereocenters. The number of hydrogen-bond acceptors (Lipinski definition) is 3. The third-order valence-corrected chi connectivity index (χ3v) is 3.93. The molecule has 1 N–H and O–H groups in total. The molecule has 4 nitrogen and oxygen atoms in total. The van der Waals surface area contributed by atoms with E-state index in [1.807, 2.05) is 36.4 Å². The minimum Gasteiger partial charge on any atom is -0.364 e. The van der Waals surface area contributed by atoms with Crippen molar-refractivity contribution in [1.82, 2.24) is 5.32 Å². The van der Waals surface area contributed by atoms with E-state index in [0.717, 1.165) is 24.3 Å². The van der Waals surface area contributed by atoms with Gasteiger partial charge in [0.15, 0.2) is 5.84 Å². The van der Waals surface area contributed by atoms with Crippen molar-refractivity contribution in [3.63, 3.8) is 0 Å². The summed E-state index contributed by atoms with van der Waals surface area (Å²) in [4.78, 5) is 18.9. The maximum absolute atomic E-state index is 12.9. The van der Waals surface area contributed by atoms with E-state index in [1.165, 1.54) is 11.1 Å². The van der Waals surface area contributed by atoms with Gasteiger partial charge in [0, 0.05) is 13.0 Å². The number of amidine groups is 1. The number of carbonyl (C=O) groups is 1. The molecule has 2 heterocycles. The fourth-order valence-corrected chi connectivity index (χ4v) is 2.96. The molecule has 1 amide bonds. The van der Waals surface area contributed by atoms with E-state index < -0.39 is 0 Å². The number of benzene rings is 2. The minimum absolute atomic E-state index is 0.0768. The number of nitrogens with zero attached hydrogens (tertiary/aromatic N) is 2. The number of amides is 1. The average Bonchev–Trinajstić information content (AvgIpc) is 3.06. The second-order valence-electron chi connectivity index (χ2n) is 5.23. The molecule has 2 aromatic rings. The van der Waals surface area contributed by atoms with E-state index >= 15 is 0 Å². The van der Waals surface area contributed by atoms with Crippen molar-refractivity contribution in [2.24, 2.45) is 4.99 Å². The first-order chi connectivity index (χ1) is 10.3. The van der Waals surface area contributed by atoms with Crippen LogP contribution in [0.25, 0.3) is 0 Å². The zero-order valence-electron chi connectivity index (χ0n) is 11.5. The second kappa shape index (κ2) is 4.74. The zero-order valence-corrected chi connectivity index (χ0v) is 11.5. The van der Waals surface area contributed by atoms with E-state index in [1.54, 1.807) is 4.90 Å². The van der Waals surface area contributed by atoms with E-state index in [4.69, 9.17) is 0 Å². The van der Waals surface area contributed by atoms with Crippen LogP contribution in [-0.2, 0) is 11.2 Å². The second-order valence-corrected chi connectivity index (χ2v) is 5.23. The highest BCUT2D eigenvalue weighted by molar-refractivity contribution is 6.44. The van der Waals surface area contributed by atoms with Crippen LogP contribution in [0.1, 0.15) is 11.1 Å². The molecular weight excluding hydrogens is 262 g/mol. The lowest BCUT2D eigenvalue weighted by Gasteiger charge is -2.31. The van der Waals surface area contributed by atoms with Gasteiger partial charge in [-0.25, -0.2) is 0 Å². The zero-order chi connectivity index (χ0) is 14.2. The van der Waals surface area contributed by atoms with Gasteiger partial charge in [-0.2, -0.15) is 0 Å². The maximum Gasteiger partial charge on any atom is 0.297 e. The van der Waals surface area contributed by atoms with Crippen molar-refractivity contribution in [3.8, 4) is 0 Å². The minimum atomic E-state index is -0.0768. The fraction of sp³-hybridized carbons (Fsp3) is 0.176. The molecule has 2 aliphatic rings. The lowest BCUT2D eigenvalue weighted by atomic mass is 9.95. The van der Waals surface area contributed by atoms with Crippen LogP contribution in [0.4, 0.5) is 11.4 Å². The summed E-state index contributed by atoms with van der Waals surface area (Å²) in [6.07, 6.45) is 0.857.